The van der Waals surface area contributed by atoms with Gasteiger partial charge in [0.05, 0.1) is 0 Å². The van der Waals surface area contributed by atoms with E-state index in [1.54, 1.807) is 19.3 Å². The van der Waals surface area contributed by atoms with E-state index in [0.717, 1.165) is 6.42 Å². The predicted molar refractivity (Wildman–Crippen MR) is 67.0 cm³/mol. The maximum Gasteiger partial charge on any atom is 0.251 e. The van der Waals surface area contributed by atoms with Gasteiger partial charge in [-0.3, -0.25) is 9.59 Å². The Labute approximate surface area is 103 Å². The minimum Gasteiger partial charge on any atom is -0.351 e. The van der Waals surface area contributed by atoms with E-state index in [9.17, 15) is 9.59 Å². The molecule has 1 aromatic heterocycles. The summed E-state index contributed by atoms with van der Waals surface area (Å²) in [5.74, 6) is -0.212. The minimum absolute atomic E-state index is 0.182. The first-order valence-electron chi connectivity index (χ1n) is 5.13. The van der Waals surface area contributed by atoms with Crippen LogP contribution < -0.4 is 10.9 Å². The van der Waals surface area contributed by atoms with Crippen molar-refractivity contribution in [3.05, 3.63) is 34.2 Å². The molecule has 1 heterocycles. The molecule has 16 heavy (non-hydrogen) atoms. The molecule has 5 heteroatoms. The van der Waals surface area contributed by atoms with Crippen molar-refractivity contribution in [3.8, 4) is 0 Å². The Morgan fingerprint density at radius 2 is 2.31 bits per heavy atom. The number of nitrogens with zero attached hydrogens (tertiary/aromatic N) is 1. The van der Waals surface area contributed by atoms with E-state index in [1.165, 1.54) is 10.6 Å². The van der Waals surface area contributed by atoms with E-state index in [0.29, 0.717) is 12.1 Å². The fourth-order valence-electron chi connectivity index (χ4n) is 1.14. The van der Waals surface area contributed by atoms with Crippen LogP contribution in [-0.2, 0) is 7.05 Å². The smallest absolute Gasteiger partial charge is 0.251 e. The van der Waals surface area contributed by atoms with Crippen LogP contribution in [0, 0.1) is 0 Å². The summed E-state index contributed by atoms with van der Waals surface area (Å²) in [5, 5.41) is 2.76. The molecule has 0 fully saturated rings. The van der Waals surface area contributed by atoms with E-state index in [2.05, 4.69) is 21.2 Å². The number of aryl methyl sites for hydroxylation is 1. The van der Waals surface area contributed by atoms with Gasteiger partial charge in [-0.1, -0.05) is 22.9 Å². The zero-order valence-electron chi connectivity index (χ0n) is 9.37. The van der Waals surface area contributed by atoms with Gasteiger partial charge in [0, 0.05) is 36.2 Å². The van der Waals surface area contributed by atoms with Crippen LogP contribution in [0.1, 0.15) is 23.7 Å². The topological polar surface area (TPSA) is 51.1 Å². The lowest BCUT2D eigenvalue weighted by molar-refractivity contribution is 0.0953. The molecular weight excluding hydrogens is 272 g/mol. The van der Waals surface area contributed by atoms with Gasteiger partial charge in [-0.05, 0) is 12.5 Å². The van der Waals surface area contributed by atoms with E-state index in [4.69, 9.17) is 0 Å². The number of alkyl halides is 1. The van der Waals surface area contributed by atoms with Gasteiger partial charge in [0.15, 0.2) is 0 Å². The van der Waals surface area contributed by atoms with Gasteiger partial charge in [-0.15, -0.1) is 0 Å². The molecule has 0 spiro atoms. The Morgan fingerprint density at radius 3 is 2.88 bits per heavy atom. The number of pyridine rings is 1. The first-order chi connectivity index (χ1) is 7.54. The van der Waals surface area contributed by atoms with Crippen LogP contribution in [0.3, 0.4) is 0 Å². The third kappa shape index (κ3) is 3.48. The Kier molecular flexibility index (Phi) is 4.73. The standard InChI is InChI=1S/C11H15BrN2O2/c1-3-9(12)7-13-11(16)8-4-5-14(2)10(15)6-8/h4-6,9H,3,7H2,1-2H3,(H,13,16). The zero-order valence-corrected chi connectivity index (χ0v) is 11.0. The van der Waals surface area contributed by atoms with Gasteiger partial charge in [0.2, 0.25) is 0 Å². The van der Waals surface area contributed by atoms with E-state index in [-0.39, 0.29) is 16.3 Å². The molecule has 0 aliphatic carbocycles. The number of hydrogen-bond acceptors (Lipinski definition) is 2. The largest absolute Gasteiger partial charge is 0.351 e. The van der Waals surface area contributed by atoms with Crippen molar-refractivity contribution in [2.24, 2.45) is 7.05 Å². The van der Waals surface area contributed by atoms with Gasteiger partial charge in [0.25, 0.3) is 11.5 Å². The van der Waals surface area contributed by atoms with Gasteiger partial charge < -0.3 is 9.88 Å². The fraction of sp³-hybridized carbons (Fsp3) is 0.455. The molecule has 0 radical (unpaired) electrons. The van der Waals surface area contributed by atoms with Crippen LogP contribution in [0.15, 0.2) is 23.1 Å². The summed E-state index contributed by atoms with van der Waals surface area (Å²) in [6, 6.07) is 2.97. The van der Waals surface area contributed by atoms with Crippen LogP contribution in [-0.4, -0.2) is 21.8 Å². The fourth-order valence-corrected chi connectivity index (χ4v) is 1.30. The number of aromatic nitrogens is 1. The van der Waals surface area contributed by atoms with Gasteiger partial charge >= 0.3 is 0 Å². The summed E-state index contributed by atoms with van der Waals surface area (Å²) in [4.78, 5) is 23.2. The van der Waals surface area contributed by atoms with Crippen molar-refractivity contribution in [1.82, 2.24) is 9.88 Å². The van der Waals surface area contributed by atoms with Crippen LogP contribution in [0.25, 0.3) is 0 Å². The lowest BCUT2D eigenvalue weighted by Crippen LogP contribution is -2.30. The number of hydrogen-bond donors (Lipinski definition) is 1. The molecule has 1 rings (SSSR count). The maximum atomic E-state index is 11.6. The van der Waals surface area contributed by atoms with E-state index >= 15 is 0 Å². The molecule has 0 aliphatic rings. The molecule has 1 N–H and O–H groups in total. The highest BCUT2D eigenvalue weighted by atomic mass is 79.9. The van der Waals surface area contributed by atoms with Gasteiger partial charge in [0.1, 0.15) is 0 Å². The summed E-state index contributed by atoms with van der Waals surface area (Å²) in [6.07, 6.45) is 2.53. The average molecular weight is 287 g/mol. The van der Waals surface area contributed by atoms with Crippen LogP contribution in [0.5, 0.6) is 0 Å². The molecule has 1 unspecified atom stereocenters. The van der Waals surface area contributed by atoms with Gasteiger partial charge in [-0.25, -0.2) is 0 Å². The summed E-state index contributed by atoms with van der Waals surface area (Å²) >= 11 is 3.42. The van der Waals surface area contributed by atoms with Crippen LogP contribution in [0.2, 0.25) is 0 Å². The van der Waals surface area contributed by atoms with E-state index in [1.807, 2.05) is 6.92 Å². The molecule has 88 valence electrons. The highest BCUT2D eigenvalue weighted by molar-refractivity contribution is 9.09. The predicted octanol–water partition coefficient (Wildman–Crippen LogP) is 1.29. The number of nitrogens with one attached hydrogen (secondary N) is 1. The molecule has 0 aliphatic heterocycles. The first kappa shape index (κ1) is 13.0. The Balaban J connectivity index is 2.67. The average Bonchev–Trinajstić information content (AvgIpc) is 2.29. The molecule has 1 aromatic rings. The van der Waals surface area contributed by atoms with E-state index < -0.39 is 0 Å². The molecule has 1 atom stereocenters. The Morgan fingerprint density at radius 1 is 1.62 bits per heavy atom. The van der Waals surface area contributed by atoms with Crippen LogP contribution >= 0.6 is 15.9 Å². The molecule has 0 saturated heterocycles. The third-order valence-electron chi connectivity index (χ3n) is 2.29. The number of halogens is 1. The quantitative estimate of drug-likeness (QED) is 0.848. The lowest BCUT2D eigenvalue weighted by atomic mass is 10.2. The summed E-state index contributed by atoms with van der Waals surface area (Å²) in [7, 11) is 1.65. The summed E-state index contributed by atoms with van der Waals surface area (Å²) in [6.45, 7) is 2.59. The van der Waals surface area contributed by atoms with Crippen molar-refractivity contribution >= 4 is 21.8 Å². The second kappa shape index (κ2) is 5.84. The first-order valence-corrected chi connectivity index (χ1v) is 6.05. The molecule has 4 nitrogen and oxygen atoms in total. The maximum absolute atomic E-state index is 11.6. The molecule has 0 aromatic carbocycles. The third-order valence-corrected chi connectivity index (χ3v) is 3.26. The normalized spacial score (nSPS) is 12.2. The van der Waals surface area contributed by atoms with Crippen molar-refractivity contribution in [3.63, 3.8) is 0 Å². The number of amides is 1. The number of carbonyl (C=O) groups is 1. The molecule has 0 saturated carbocycles. The highest BCUT2D eigenvalue weighted by Crippen LogP contribution is 2.02. The minimum atomic E-state index is -0.212. The van der Waals surface area contributed by atoms with Crippen molar-refractivity contribution in [2.75, 3.05) is 6.54 Å². The van der Waals surface area contributed by atoms with Crippen molar-refractivity contribution < 1.29 is 4.79 Å². The molecule has 0 bridgehead atoms. The second-order valence-electron chi connectivity index (χ2n) is 3.58. The van der Waals surface area contributed by atoms with Crippen LogP contribution in [0.4, 0.5) is 0 Å². The molecule has 1 amide bonds. The SMILES string of the molecule is CCC(Br)CNC(=O)c1ccn(C)c(=O)c1. The Hall–Kier alpha value is -1.10. The zero-order chi connectivity index (χ0) is 12.1. The van der Waals surface area contributed by atoms with Crippen molar-refractivity contribution in [1.29, 1.82) is 0 Å². The summed E-state index contributed by atoms with van der Waals surface area (Å²) in [5.41, 5.74) is 0.220. The number of rotatable bonds is 4. The highest BCUT2D eigenvalue weighted by Gasteiger charge is 2.08. The second-order valence-corrected chi connectivity index (χ2v) is 4.88. The Bertz CT molecular complexity index is 428. The summed E-state index contributed by atoms with van der Waals surface area (Å²) < 4.78 is 1.43. The monoisotopic (exact) mass is 286 g/mol. The van der Waals surface area contributed by atoms with Crippen molar-refractivity contribution in [2.45, 2.75) is 18.2 Å². The lowest BCUT2D eigenvalue weighted by Gasteiger charge is -2.08. The molecular formula is C11H15BrN2O2. The van der Waals surface area contributed by atoms with Gasteiger partial charge in [-0.2, -0.15) is 0 Å². The number of carbonyl (C=O) groups excluding carboxylic acids is 1.